The van der Waals surface area contributed by atoms with E-state index in [1.54, 1.807) is 0 Å². The van der Waals surface area contributed by atoms with Crippen LogP contribution in [0.1, 0.15) is 59.8 Å². The van der Waals surface area contributed by atoms with Crippen molar-refractivity contribution in [2.45, 2.75) is 77.4 Å². The maximum Gasteiger partial charge on any atom is 0.237 e. The Morgan fingerprint density at radius 2 is 2.05 bits per heavy atom. The molecule has 2 atom stereocenters. The number of rotatable bonds is 4. The van der Waals surface area contributed by atoms with Gasteiger partial charge in [-0.2, -0.15) is 0 Å². The summed E-state index contributed by atoms with van der Waals surface area (Å²) in [5.41, 5.74) is 5.66. The van der Waals surface area contributed by atoms with Gasteiger partial charge < -0.3 is 11.1 Å². The lowest BCUT2D eigenvalue weighted by atomic mass is 9.77. The van der Waals surface area contributed by atoms with Crippen LogP contribution >= 0.6 is 0 Å². The summed E-state index contributed by atoms with van der Waals surface area (Å²) in [5.74, 6) is -0.172. The fraction of sp³-hybridized carbons (Fsp3) is 0.938. The highest BCUT2D eigenvalue weighted by molar-refractivity contribution is 5.85. The van der Waals surface area contributed by atoms with Crippen molar-refractivity contribution in [3.8, 4) is 0 Å². The maximum absolute atomic E-state index is 12.0. The highest BCUT2D eigenvalue weighted by atomic mass is 16.1. The van der Waals surface area contributed by atoms with Crippen molar-refractivity contribution in [2.24, 2.45) is 11.1 Å². The number of carbonyl (C=O) groups is 1. The molecule has 2 fully saturated rings. The first-order valence-electron chi connectivity index (χ1n) is 8.06. The minimum Gasteiger partial charge on any atom is -0.368 e. The number of nitrogens with two attached hydrogens (primary N) is 1. The minimum atomic E-state index is -0.496. The van der Waals surface area contributed by atoms with Gasteiger partial charge in [-0.25, -0.2) is 0 Å². The second-order valence-electron chi connectivity index (χ2n) is 7.88. The molecule has 1 aliphatic heterocycles. The van der Waals surface area contributed by atoms with Crippen LogP contribution in [0.15, 0.2) is 0 Å². The summed E-state index contributed by atoms with van der Waals surface area (Å²) in [4.78, 5) is 14.6. The van der Waals surface area contributed by atoms with Crippen LogP contribution in [0.2, 0.25) is 0 Å². The van der Waals surface area contributed by atoms with Crippen LogP contribution in [0.4, 0.5) is 0 Å². The van der Waals surface area contributed by atoms with E-state index in [1.807, 2.05) is 0 Å². The number of hydrogen-bond acceptors (Lipinski definition) is 3. The number of likely N-dealkylation sites (tertiary alicyclic amines) is 1. The lowest BCUT2D eigenvalue weighted by molar-refractivity contribution is -0.127. The largest absolute Gasteiger partial charge is 0.368 e. The zero-order chi connectivity index (χ0) is 15.0. The zero-order valence-corrected chi connectivity index (χ0v) is 13.5. The smallest absolute Gasteiger partial charge is 0.237 e. The van der Waals surface area contributed by atoms with E-state index in [9.17, 15) is 4.79 Å². The summed E-state index contributed by atoms with van der Waals surface area (Å²) in [7, 11) is 0. The van der Waals surface area contributed by atoms with Gasteiger partial charge in [-0.3, -0.25) is 9.69 Å². The van der Waals surface area contributed by atoms with E-state index in [-0.39, 0.29) is 11.9 Å². The van der Waals surface area contributed by atoms with Gasteiger partial charge in [-0.15, -0.1) is 0 Å². The maximum atomic E-state index is 12.0. The van der Waals surface area contributed by atoms with Gasteiger partial charge in [0.1, 0.15) is 0 Å². The molecule has 116 valence electrons. The molecule has 0 aromatic rings. The van der Waals surface area contributed by atoms with Gasteiger partial charge in [0.25, 0.3) is 0 Å². The fourth-order valence-corrected chi connectivity index (χ4v) is 4.00. The molecule has 2 rings (SSSR count). The molecule has 0 radical (unpaired) electrons. The molecule has 1 heterocycles. The lowest BCUT2D eigenvalue weighted by Gasteiger charge is -2.43. The Balaban J connectivity index is 2.08. The Morgan fingerprint density at radius 1 is 1.35 bits per heavy atom. The van der Waals surface area contributed by atoms with Crippen molar-refractivity contribution in [3.05, 3.63) is 0 Å². The average molecular weight is 281 g/mol. The third-order valence-corrected chi connectivity index (χ3v) is 4.98. The van der Waals surface area contributed by atoms with Gasteiger partial charge >= 0.3 is 0 Å². The van der Waals surface area contributed by atoms with E-state index >= 15 is 0 Å². The summed E-state index contributed by atoms with van der Waals surface area (Å²) in [6.45, 7) is 11.2. The molecule has 1 amide bonds. The SMILES string of the molecule is CC(C)NC1(C(N)=O)CCCC(N2CCC(C)(C)C2)C1. The molecule has 0 aromatic heterocycles. The normalized spacial score (nSPS) is 34.5. The highest BCUT2D eigenvalue weighted by Crippen LogP contribution is 2.37. The van der Waals surface area contributed by atoms with Crippen molar-refractivity contribution in [2.75, 3.05) is 13.1 Å². The lowest BCUT2D eigenvalue weighted by Crippen LogP contribution is -2.62. The van der Waals surface area contributed by atoms with Gasteiger partial charge in [0.15, 0.2) is 0 Å². The molecule has 3 N–H and O–H groups in total. The molecule has 1 saturated heterocycles. The Morgan fingerprint density at radius 3 is 2.55 bits per heavy atom. The summed E-state index contributed by atoms with van der Waals surface area (Å²) in [5, 5.41) is 3.47. The third-order valence-electron chi connectivity index (χ3n) is 4.98. The molecular formula is C16H31N3O. The van der Waals surface area contributed by atoms with Gasteiger partial charge in [-0.05, 0) is 57.9 Å². The summed E-state index contributed by atoms with van der Waals surface area (Å²) in [6, 6.07) is 0.792. The molecule has 0 aromatic carbocycles. The molecule has 1 aliphatic carbocycles. The van der Waals surface area contributed by atoms with Crippen molar-refractivity contribution < 1.29 is 4.79 Å². The van der Waals surface area contributed by atoms with Gasteiger partial charge in [0.2, 0.25) is 5.91 Å². The topological polar surface area (TPSA) is 58.4 Å². The Labute approximate surface area is 123 Å². The molecule has 2 aliphatic rings. The molecular weight excluding hydrogens is 250 g/mol. The number of nitrogens with one attached hydrogen (secondary N) is 1. The number of carbonyl (C=O) groups excluding carboxylic acids is 1. The van der Waals surface area contributed by atoms with Crippen LogP contribution in [0.25, 0.3) is 0 Å². The van der Waals surface area contributed by atoms with Gasteiger partial charge in [0, 0.05) is 18.6 Å². The molecule has 0 bridgehead atoms. The van der Waals surface area contributed by atoms with E-state index in [0.717, 1.165) is 32.4 Å². The van der Waals surface area contributed by atoms with E-state index in [2.05, 4.69) is 37.9 Å². The monoisotopic (exact) mass is 281 g/mol. The van der Waals surface area contributed by atoms with Crippen LogP contribution < -0.4 is 11.1 Å². The number of amides is 1. The second kappa shape index (κ2) is 5.64. The molecule has 4 heteroatoms. The zero-order valence-electron chi connectivity index (χ0n) is 13.5. The van der Waals surface area contributed by atoms with Crippen LogP contribution in [0.3, 0.4) is 0 Å². The summed E-state index contributed by atoms with van der Waals surface area (Å²) in [6.07, 6.45) is 5.30. The molecule has 20 heavy (non-hydrogen) atoms. The Kier molecular flexibility index (Phi) is 4.45. The fourth-order valence-electron chi connectivity index (χ4n) is 4.00. The first kappa shape index (κ1) is 15.8. The van der Waals surface area contributed by atoms with Crippen molar-refractivity contribution in [3.63, 3.8) is 0 Å². The standard InChI is InChI=1S/C16H31N3O/c1-12(2)18-16(14(17)20)7-5-6-13(10-16)19-9-8-15(3,4)11-19/h12-13,18H,5-11H2,1-4H3,(H2,17,20). The second-order valence-corrected chi connectivity index (χ2v) is 7.88. The summed E-state index contributed by atoms with van der Waals surface area (Å²) < 4.78 is 0. The van der Waals surface area contributed by atoms with Crippen molar-refractivity contribution in [1.82, 2.24) is 10.2 Å². The van der Waals surface area contributed by atoms with Gasteiger partial charge in [-0.1, -0.05) is 13.8 Å². The predicted octanol–water partition coefficient (Wildman–Crippen LogP) is 1.88. The first-order valence-corrected chi connectivity index (χ1v) is 8.06. The van der Waals surface area contributed by atoms with E-state index in [4.69, 9.17) is 5.73 Å². The van der Waals surface area contributed by atoms with Crippen LogP contribution in [0.5, 0.6) is 0 Å². The van der Waals surface area contributed by atoms with E-state index in [1.165, 1.54) is 12.8 Å². The average Bonchev–Trinajstić information content (AvgIpc) is 2.69. The minimum absolute atomic E-state index is 0.172. The quantitative estimate of drug-likeness (QED) is 0.827. The summed E-state index contributed by atoms with van der Waals surface area (Å²) >= 11 is 0. The van der Waals surface area contributed by atoms with Crippen LogP contribution in [0, 0.1) is 5.41 Å². The highest BCUT2D eigenvalue weighted by Gasteiger charge is 2.44. The predicted molar refractivity (Wildman–Crippen MR) is 82.4 cm³/mol. The molecule has 1 saturated carbocycles. The number of hydrogen-bond donors (Lipinski definition) is 2. The Hall–Kier alpha value is -0.610. The Bertz CT molecular complexity index is 367. The van der Waals surface area contributed by atoms with Crippen LogP contribution in [-0.2, 0) is 4.79 Å². The number of nitrogens with zero attached hydrogens (tertiary/aromatic N) is 1. The van der Waals surface area contributed by atoms with Gasteiger partial charge in [0.05, 0.1) is 5.54 Å². The molecule has 0 spiro atoms. The van der Waals surface area contributed by atoms with E-state index in [0.29, 0.717) is 11.5 Å². The molecule has 4 nitrogen and oxygen atoms in total. The van der Waals surface area contributed by atoms with Crippen molar-refractivity contribution in [1.29, 1.82) is 0 Å². The van der Waals surface area contributed by atoms with Crippen LogP contribution in [-0.4, -0.2) is 41.5 Å². The first-order chi connectivity index (χ1) is 9.24. The van der Waals surface area contributed by atoms with Crippen molar-refractivity contribution >= 4 is 5.91 Å². The van der Waals surface area contributed by atoms with E-state index < -0.39 is 5.54 Å². The third kappa shape index (κ3) is 3.34. The molecule has 2 unspecified atom stereocenters. The number of primary amides is 1.